The first-order chi connectivity index (χ1) is 7.90. The van der Waals surface area contributed by atoms with Crippen molar-refractivity contribution in [2.75, 3.05) is 0 Å². The lowest BCUT2D eigenvalue weighted by Gasteiger charge is -2.17. The predicted molar refractivity (Wildman–Crippen MR) is 63.4 cm³/mol. The standard InChI is InChI=1S/C13H15N3/c1-2-4-12-11(3-1)15-13(16-12)9-7-8-5-6-10(9)14-8/h1-4,8-10,14H,5-7H2,(H,15,16). The number of rotatable bonds is 1. The molecule has 2 saturated heterocycles. The van der Waals surface area contributed by atoms with E-state index in [9.17, 15) is 0 Å². The highest BCUT2D eigenvalue weighted by atomic mass is 15.1. The Labute approximate surface area is 94.3 Å². The number of aromatic nitrogens is 2. The Kier molecular flexibility index (Phi) is 1.68. The van der Waals surface area contributed by atoms with Gasteiger partial charge in [0, 0.05) is 18.0 Å². The van der Waals surface area contributed by atoms with Crippen LogP contribution in [0.2, 0.25) is 0 Å². The van der Waals surface area contributed by atoms with Gasteiger partial charge < -0.3 is 10.3 Å². The van der Waals surface area contributed by atoms with Crippen LogP contribution in [-0.2, 0) is 0 Å². The number of fused-ring (bicyclic) bond motifs is 3. The summed E-state index contributed by atoms with van der Waals surface area (Å²) in [6.45, 7) is 0. The fourth-order valence-corrected chi connectivity index (χ4v) is 3.27. The normalized spacial score (nSPS) is 32.6. The van der Waals surface area contributed by atoms with Crippen molar-refractivity contribution in [3.05, 3.63) is 30.1 Å². The van der Waals surface area contributed by atoms with Crippen LogP contribution in [0.4, 0.5) is 0 Å². The second-order valence-corrected chi connectivity index (χ2v) is 5.03. The summed E-state index contributed by atoms with van der Waals surface area (Å²) in [6.07, 6.45) is 3.91. The molecule has 0 amide bonds. The van der Waals surface area contributed by atoms with Crippen LogP contribution in [0, 0.1) is 0 Å². The van der Waals surface area contributed by atoms with Gasteiger partial charge >= 0.3 is 0 Å². The fourth-order valence-electron chi connectivity index (χ4n) is 3.27. The van der Waals surface area contributed by atoms with E-state index in [1.54, 1.807) is 0 Å². The Hall–Kier alpha value is -1.35. The molecule has 2 aromatic rings. The van der Waals surface area contributed by atoms with Crippen molar-refractivity contribution in [2.24, 2.45) is 0 Å². The van der Waals surface area contributed by atoms with E-state index >= 15 is 0 Å². The van der Waals surface area contributed by atoms with Crippen molar-refractivity contribution in [3.8, 4) is 0 Å². The molecule has 1 aromatic heterocycles. The minimum atomic E-state index is 0.603. The van der Waals surface area contributed by atoms with Crippen LogP contribution in [0.3, 0.4) is 0 Å². The average molecular weight is 213 g/mol. The first-order valence-corrected chi connectivity index (χ1v) is 6.11. The van der Waals surface area contributed by atoms with E-state index in [2.05, 4.69) is 28.5 Å². The number of benzene rings is 1. The Morgan fingerprint density at radius 3 is 2.88 bits per heavy atom. The number of H-pyrrole nitrogens is 1. The van der Waals surface area contributed by atoms with E-state index in [1.807, 2.05) is 6.07 Å². The summed E-state index contributed by atoms with van der Waals surface area (Å²) in [5, 5.41) is 3.66. The van der Waals surface area contributed by atoms with Crippen molar-refractivity contribution >= 4 is 11.0 Å². The van der Waals surface area contributed by atoms with Gasteiger partial charge in [-0.25, -0.2) is 4.98 Å². The van der Waals surface area contributed by atoms with Crippen LogP contribution in [0.15, 0.2) is 24.3 Å². The maximum Gasteiger partial charge on any atom is 0.111 e. The Bertz CT molecular complexity index is 498. The summed E-state index contributed by atoms with van der Waals surface area (Å²) >= 11 is 0. The van der Waals surface area contributed by atoms with Gasteiger partial charge in [-0.05, 0) is 31.4 Å². The predicted octanol–water partition coefficient (Wildman–Crippen LogP) is 2.17. The van der Waals surface area contributed by atoms with Gasteiger partial charge in [-0.3, -0.25) is 0 Å². The zero-order chi connectivity index (χ0) is 10.5. The van der Waals surface area contributed by atoms with Gasteiger partial charge in [-0.1, -0.05) is 12.1 Å². The van der Waals surface area contributed by atoms with Gasteiger partial charge in [0.2, 0.25) is 0 Å². The average Bonchev–Trinajstić information content (AvgIpc) is 3.02. The summed E-state index contributed by atoms with van der Waals surface area (Å²) in [7, 11) is 0. The minimum absolute atomic E-state index is 0.603. The smallest absolute Gasteiger partial charge is 0.111 e. The molecule has 0 spiro atoms. The van der Waals surface area contributed by atoms with E-state index in [-0.39, 0.29) is 0 Å². The zero-order valence-corrected chi connectivity index (χ0v) is 9.11. The van der Waals surface area contributed by atoms with Gasteiger partial charge in [0.25, 0.3) is 0 Å². The molecular formula is C13H15N3. The molecule has 16 heavy (non-hydrogen) atoms. The van der Waals surface area contributed by atoms with Crippen molar-refractivity contribution in [2.45, 2.75) is 37.3 Å². The summed E-state index contributed by atoms with van der Waals surface area (Å²) in [4.78, 5) is 8.19. The molecule has 3 heteroatoms. The van der Waals surface area contributed by atoms with Crippen molar-refractivity contribution in [3.63, 3.8) is 0 Å². The first kappa shape index (κ1) is 8.76. The number of para-hydroxylation sites is 2. The molecule has 0 radical (unpaired) electrons. The first-order valence-electron chi connectivity index (χ1n) is 6.11. The summed E-state index contributed by atoms with van der Waals surface area (Å²) in [5.74, 6) is 1.78. The molecule has 2 aliphatic heterocycles. The van der Waals surface area contributed by atoms with Crippen LogP contribution in [0.25, 0.3) is 11.0 Å². The largest absolute Gasteiger partial charge is 0.342 e. The van der Waals surface area contributed by atoms with E-state index < -0.39 is 0 Å². The highest BCUT2D eigenvalue weighted by Crippen LogP contribution is 2.39. The Morgan fingerprint density at radius 2 is 2.12 bits per heavy atom. The SMILES string of the molecule is c1ccc2[nH]c(C3CC4CCC3N4)nc2c1. The third kappa shape index (κ3) is 1.15. The van der Waals surface area contributed by atoms with E-state index in [0.29, 0.717) is 12.0 Å². The molecule has 3 atom stereocenters. The summed E-state index contributed by atoms with van der Waals surface area (Å²) in [5.41, 5.74) is 2.26. The van der Waals surface area contributed by atoms with Gasteiger partial charge in [-0.15, -0.1) is 0 Å². The summed E-state index contributed by atoms with van der Waals surface area (Å²) < 4.78 is 0. The van der Waals surface area contributed by atoms with E-state index in [1.165, 1.54) is 30.6 Å². The Morgan fingerprint density at radius 1 is 1.19 bits per heavy atom. The molecule has 2 aliphatic rings. The minimum Gasteiger partial charge on any atom is -0.342 e. The lowest BCUT2D eigenvalue weighted by atomic mass is 9.89. The van der Waals surface area contributed by atoms with Crippen LogP contribution in [0.5, 0.6) is 0 Å². The molecule has 1 aromatic carbocycles. The second-order valence-electron chi connectivity index (χ2n) is 5.03. The van der Waals surface area contributed by atoms with Gasteiger partial charge in [0.05, 0.1) is 11.0 Å². The lowest BCUT2D eigenvalue weighted by molar-refractivity contribution is 0.491. The van der Waals surface area contributed by atoms with Crippen molar-refractivity contribution < 1.29 is 0 Å². The number of hydrogen-bond acceptors (Lipinski definition) is 2. The number of nitrogens with zero attached hydrogens (tertiary/aromatic N) is 1. The highest BCUT2D eigenvalue weighted by molar-refractivity contribution is 5.74. The fraction of sp³-hybridized carbons (Fsp3) is 0.462. The van der Waals surface area contributed by atoms with E-state index in [4.69, 9.17) is 4.98 Å². The monoisotopic (exact) mass is 213 g/mol. The molecule has 2 bridgehead atoms. The number of nitrogens with one attached hydrogen (secondary N) is 2. The van der Waals surface area contributed by atoms with Crippen molar-refractivity contribution in [1.29, 1.82) is 0 Å². The quantitative estimate of drug-likeness (QED) is 0.762. The molecule has 2 fully saturated rings. The molecule has 3 unspecified atom stereocenters. The summed E-state index contributed by atoms with van der Waals surface area (Å²) in [6, 6.07) is 9.69. The molecular weight excluding hydrogens is 198 g/mol. The van der Waals surface area contributed by atoms with Crippen LogP contribution in [0.1, 0.15) is 31.0 Å². The molecule has 2 N–H and O–H groups in total. The molecule has 0 aliphatic carbocycles. The molecule has 3 nitrogen and oxygen atoms in total. The molecule has 82 valence electrons. The maximum absolute atomic E-state index is 4.72. The van der Waals surface area contributed by atoms with Crippen LogP contribution >= 0.6 is 0 Å². The highest BCUT2D eigenvalue weighted by Gasteiger charge is 2.41. The number of hydrogen-bond donors (Lipinski definition) is 2. The van der Waals surface area contributed by atoms with Crippen LogP contribution in [-0.4, -0.2) is 22.1 Å². The van der Waals surface area contributed by atoms with E-state index in [0.717, 1.165) is 11.6 Å². The van der Waals surface area contributed by atoms with Gasteiger partial charge in [-0.2, -0.15) is 0 Å². The number of imidazole rings is 1. The third-order valence-corrected chi connectivity index (χ3v) is 4.06. The molecule has 4 rings (SSSR count). The third-order valence-electron chi connectivity index (χ3n) is 4.06. The van der Waals surface area contributed by atoms with Gasteiger partial charge in [0.15, 0.2) is 0 Å². The number of aromatic amines is 1. The topological polar surface area (TPSA) is 40.7 Å². The maximum atomic E-state index is 4.72. The Balaban J connectivity index is 1.76. The zero-order valence-electron chi connectivity index (χ0n) is 9.11. The lowest BCUT2D eigenvalue weighted by Crippen LogP contribution is -2.22. The second kappa shape index (κ2) is 3.08. The van der Waals surface area contributed by atoms with Gasteiger partial charge in [0.1, 0.15) is 5.82 Å². The molecule has 0 saturated carbocycles. The van der Waals surface area contributed by atoms with Crippen LogP contribution < -0.4 is 5.32 Å². The van der Waals surface area contributed by atoms with Crippen molar-refractivity contribution in [1.82, 2.24) is 15.3 Å². The molecule has 3 heterocycles.